The molecule has 6 nitrogen and oxygen atoms in total. The first-order chi connectivity index (χ1) is 11.2. The maximum Gasteiger partial charge on any atom is 0.224 e. The summed E-state index contributed by atoms with van der Waals surface area (Å²) in [5.41, 5.74) is 1.62. The molecule has 0 saturated carbocycles. The molecule has 2 rings (SSSR count). The number of nitrogens with one attached hydrogen (secondary N) is 1. The van der Waals surface area contributed by atoms with E-state index < -0.39 is 0 Å². The summed E-state index contributed by atoms with van der Waals surface area (Å²) in [6.07, 6.45) is 1.86. The fourth-order valence-corrected chi connectivity index (χ4v) is 2.17. The van der Waals surface area contributed by atoms with Crippen LogP contribution in [0.1, 0.15) is 11.1 Å². The number of hydrogen-bond donors (Lipinski definition) is 1. The van der Waals surface area contributed by atoms with Crippen molar-refractivity contribution in [1.82, 2.24) is 10.3 Å². The smallest absolute Gasteiger partial charge is 0.224 e. The van der Waals surface area contributed by atoms with Crippen molar-refractivity contribution in [3.63, 3.8) is 0 Å². The normalized spacial score (nSPS) is 10.0. The lowest BCUT2D eigenvalue weighted by molar-refractivity contribution is -0.120. The van der Waals surface area contributed by atoms with Crippen LogP contribution < -0.4 is 19.5 Å². The van der Waals surface area contributed by atoms with Gasteiger partial charge in [-0.2, -0.15) is 0 Å². The molecule has 0 aliphatic rings. The zero-order chi connectivity index (χ0) is 16.7. The average molecular weight is 316 g/mol. The summed E-state index contributed by atoms with van der Waals surface area (Å²) < 4.78 is 15.6. The largest absolute Gasteiger partial charge is 0.497 e. The number of aromatic nitrogens is 1. The number of ether oxygens (including phenoxy) is 3. The topological polar surface area (TPSA) is 69.7 Å². The van der Waals surface area contributed by atoms with E-state index in [2.05, 4.69) is 10.3 Å². The lowest BCUT2D eigenvalue weighted by Crippen LogP contribution is -2.25. The molecule has 0 atom stereocenters. The Labute approximate surface area is 135 Å². The molecule has 0 aliphatic carbocycles. The first-order valence-electron chi connectivity index (χ1n) is 7.13. The molecule has 0 saturated heterocycles. The Morgan fingerprint density at radius 1 is 1.09 bits per heavy atom. The number of nitrogens with zero attached hydrogens (tertiary/aromatic N) is 1. The molecule has 0 radical (unpaired) electrons. The molecule has 0 spiro atoms. The Hall–Kier alpha value is -2.76. The van der Waals surface area contributed by atoms with E-state index in [4.69, 9.17) is 14.2 Å². The van der Waals surface area contributed by atoms with E-state index in [-0.39, 0.29) is 12.3 Å². The van der Waals surface area contributed by atoms with Crippen LogP contribution in [0.4, 0.5) is 0 Å². The number of amides is 1. The summed E-state index contributed by atoms with van der Waals surface area (Å²) in [4.78, 5) is 16.2. The van der Waals surface area contributed by atoms with Crippen molar-refractivity contribution in [3.05, 3.63) is 47.7 Å². The van der Waals surface area contributed by atoms with Gasteiger partial charge in [0.1, 0.15) is 11.5 Å². The SMILES string of the molecule is COc1ccc(CC(=O)NCc2cccnc2OC)c(OC)c1. The average Bonchev–Trinajstić information content (AvgIpc) is 2.60. The van der Waals surface area contributed by atoms with Crippen molar-refractivity contribution in [2.24, 2.45) is 0 Å². The standard InChI is InChI=1S/C17H20N2O4/c1-21-14-7-6-12(15(10-14)22-2)9-16(20)19-11-13-5-4-8-18-17(13)23-3/h4-8,10H,9,11H2,1-3H3,(H,19,20). The van der Waals surface area contributed by atoms with Gasteiger partial charge in [-0.25, -0.2) is 4.98 Å². The maximum absolute atomic E-state index is 12.1. The number of methoxy groups -OCH3 is 3. The van der Waals surface area contributed by atoms with Crippen LogP contribution in [-0.4, -0.2) is 32.2 Å². The van der Waals surface area contributed by atoms with E-state index in [0.717, 1.165) is 11.1 Å². The van der Waals surface area contributed by atoms with Crippen molar-refractivity contribution in [2.45, 2.75) is 13.0 Å². The molecule has 0 bridgehead atoms. The van der Waals surface area contributed by atoms with Crippen LogP contribution in [0, 0.1) is 0 Å². The van der Waals surface area contributed by atoms with Gasteiger partial charge in [0, 0.05) is 29.9 Å². The number of hydrogen-bond acceptors (Lipinski definition) is 5. The third-order valence-electron chi connectivity index (χ3n) is 3.36. The molecular formula is C17H20N2O4. The zero-order valence-electron chi connectivity index (χ0n) is 13.5. The van der Waals surface area contributed by atoms with Crippen molar-refractivity contribution in [1.29, 1.82) is 0 Å². The highest BCUT2D eigenvalue weighted by Gasteiger charge is 2.11. The minimum absolute atomic E-state index is 0.112. The monoisotopic (exact) mass is 316 g/mol. The second-order valence-corrected chi connectivity index (χ2v) is 4.80. The van der Waals surface area contributed by atoms with Crippen LogP contribution in [0.2, 0.25) is 0 Å². The van der Waals surface area contributed by atoms with Gasteiger partial charge in [-0.05, 0) is 12.1 Å². The molecule has 1 N–H and O–H groups in total. The molecule has 2 aromatic rings. The predicted molar refractivity (Wildman–Crippen MR) is 85.9 cm³/mol. The minimum Gasteiger partial charge on any atom is -0.497 e. The first-order valence-corrected chi connectivity index (χ1v) is 7.13. The quantitative estimate of drug-likeness (QED) is 0.845. The van der Waals surface area contributed by atoms with Gasteiger partial charge in [-0.15, -0.1) is 0 Å². The van der Waals surface area contributed by atoms with Gasteiger partial charge < -0.3 is 19.5 Å². The Bertz CT molecular complexity index is 673. The van der Waals surface area contributed by atoms with Gasteiger partial charge in [-0.3, -0.25) is 4.79 Å². The highest BCUT2D eigenvalue weighted by molar-refractivity contribution is 5.79. The van der Waals surface area contributed by atoms with Crippen molar-refractivity contribution >= 4 is 5.91 Å². The van der Waals surface area contributed by atoms with E-state index in [1.165, 1.54) is 0 Å². The van der Waals surface area contributed by atoms with E-state index in [1.807, 2.05) is 12.1 Å². The predicted octanol–water partition coefficient (Wildman–Crippen LogP) is 1.97. The molecule has 1 heterocycles. The number of carbonyl (C=O) groups excluding carboxylic acids is 1. The molecule has 1 amide bonds. The van der Waals surface area contributed by atoms with E-state index >= 15 is 0 Å². The van der Waals surface area contributed by atoms with Crippen molar-refractivity contribution < 1.29 is 19.0 Å². The van der Waals surface area contributed by atoms with Gasteiger partial charge in [-0.1, -0.05) is 12.1 Å². The summed E-state index contributed by atoms with van der Waals surface area (Å²) in [6, 6.07) is 9.04. The number of carbonyl (C=O) groups is 1. The molecule has 1 aromatic heterocycles. The van der Waals surface area contributed by atoms with Crippen molar-refractivity contribution in [3.8, 4) is 17.4 Å². The Balaban J connectivity index is 2.00. The fraction of sp³-hybridized carbons (Fsp3) is 0.294. The Morgan fingerprint density at radius 3 is 2.61 bits per heavy atom. The third-order valence-corrected chi connectivity index (χ3v) is 3.36. The molecule has 0 fully saturated rings. The molecule has 23 heavy (non-hydrogen) atoms. The molecule has 0 aliphatic heterocycles. The molecule has 6 heteroatoms. The summed E-state index contributed by atoms with van der Waals surface area (Å²) in [6.45, 7) is 0.355. The van der Waals surface area contributed by atoms with Crippen LogP contribution >= 0.6 is 0 Å². The third kappa shape index (κ3) is 4.35. The second-order valence-electron chi connectivity index (χ2n) is 4.80. The van der Waals surface area contributed by atoms with Gasteiger partial charge >= 0.3 is 0 Å². The van der Waals surface area contributed by atoms with E-state index in [0.29, 0.717) is 23.9 Å². The second kappa shape index (κ2) is 8.03. The number of rotatable bonds is 7. The van der Waals surface area contributed by atoms with Gasteiger partial charge in [0.25, 0.3) is 0 Å². The Morgan fingerprint density at radius 2 is 1.91 bits per heavy atom. The zero-order valence-corrected chi connectivity index (χ0v) is 13.5. The molecule has 122 valence electrons. The van der Waals surface area contributed by atoms with Gasteiger partial charge in [0.2, 0.25) is 11.8 Å². The molecular weight excluding hydrogens is 296 g/mol. The Kier molecular flexibility index (Phi) is 5.80. The highest BCUT2D eigenvalue weighted by Crippen LogP contribution is 2.25. The van der Waals surface area contributed by atoms with E-state index in [1.54, 1.807) is 45.7 Å². The summed E-state index contributed by atoms with van der Waals surface area (Å²) in [5.74, 6) is 1.71. The minimum atomic E-state index is -0.112. The first kappa shape index (κ1) is 16.6. The summed E-state index contributed by atoms with van der Waals surface area (Å²) in [5, 5.41) is 2.86. The lowest BCUT2D eigenvalue weighted by Gasteiger charge is -2.11. The maximum atomic E-state index is 12.1. The van der Waals surface area contributed by atoms with Gasteiger partial charge in [0.05, 0.1) is 27.8 Å². The summed E-state index contributed by atoms with van der Waals surface area (Å²) >= 11 is 0. The van der Waals surface area contributed by atoms with Crippen LogP contribution in [0.5, 0.6) is 17.4 Å². The number of benzene rings is 1. The molecule has 0 unspecified atom stereocenters. The van der Waals surface area contributed by atoms with Gasteiger partial charge in [0.15, 0.2) is 0 Å². The van der Waals surface area contributed by atoms with Crippen LogP contribution in [0.25, 0.3) is 0 Å². The highest BCUT2D eigenvalue weighted by atomic mass is 16.5. The van der Waals surface area contributed by atoms with E-state index in [9.17, 15) is 4.79 Å². The van der Waals surface area contributed by atoms with Crippen molar-refractivity contribution in [2.75, 3.05) is 21.3 Å². The molecule has 1 aromatic carbocycles. The van der Waals surface area contributed by atoms with Crippen LogP contribution in [0.3, 0.4) is 0 Å². The lowest BCUT2D eigenvalue weighted by atomic mass is 10.1. The van der Waals surface area contributed by atoms with Crippen LogP contribution in [0.15, 0.2) is 36.5 Å². The number of pyridine rings is 1. The van der Waals surface area contributed by atoms with Crippen LogP contribution in [-0.2, 0) is 17.8 Å². The fourth-order valence-electron chi connectivity index (χ4n) is 2.17. The summed E-state index contributed by atoms with van der Waals surface area (Å²) in [7, 11) is 4.70.